The summed E-state index contributed by atoms with van der Waals surface area (Å²) in [5.74, 6) is 0.916. The van der Waals surface area contributed by atoms with Gasteiger partial charge in [0.25, 0.3) is 5.56 Å². The first-order valence-corrected chi connectivity index (χ1v) is 8.06. The molecule has 0 unspecified atom stereocenters. The molecule has 0 aliphatic rings. The van der Waals surface area contributed by atoms with E-state index in [1.54, 1.807) is 30.3 Å². The van der Waals surface area contributed by atoms with Crippen molar-refractivity contribution in [1.82, 2.24) is 9.66 Å². The Hall–Kier alpha value is -3.15. The van der Waals surface area contributed by atoms with E-state index < -0.39 is 0 Å². The van der Waals surface area contributed by atoms with Gasteiger partial charge in [0.05, 0.1) is 24.2 Å². The van der Waals surface area contributed by atoms with Gasteiger partial charge >= 0.3 is 0 Å². The number of nitrogens with zero attached hydrogens (tertiary/aromatic N) is 3. The van der Waals surface area contributed by atoms with Gasteiger partial charge in [0.2, 0.25) is 0 Å². The average Bonchev–Trinajstić information content (AvgIpc) is 2.63. The number of hydrogen-bond acceptors (Lipinski definition) is 5. The topological polar surface area (TPSA) is 76.7 Å². The minimum atomic E-state index is -0.229. The lowest BCUT2D eigenvalue weighted by Crippen LogP contribution is -2.22. The first-order valence-electron chi connectivity index (χ1n) is 8.06. The summed E-state index contributed by atoms with van der Waals surface area (Å²) in [5, 5.41) is 15.0. The number of benzene rings is 2. The molecular weight excluding hydrogens is 318 g/mol. The lowest BCUT2D eigenvalue weighted by molar-refractivity contribution is 0.373. The molecule has 0 atom stereocenters. The fourth-order valence-corrected chi connectivity index (χ4v) is 2.60. The Bertz CT molecular complexity index is 993. The Morgan fingerprint density at radius 2 is 2.04 bits per heavy atom. The maximum absolute atomic E-state index is 12.8. The van der Waals surface area contributed by atoms with Crippen LogP contribution in [0.5, 0.6) is 11.5 Å². The highest BCUT2D eigenvalue weighted by Gasteiger charge is 2.10. The summed E-state index contributed by atoms with van der Waals surface area (Å²) in [4.78, 5) is 17.3. The van der Waals surface area contributed by atoms with Crippen LogP contribution in [0.4, 0.5) is 0 Å². The molecule has 25 heavy (non-hydrogen) atoms. The minimum absolute atomic E-state index is 0.0208. The average molecular weight is 337 g/mol. The zero-order chi connectivity index (χ0) is 17.8. The lowest BCUT2D eigenvalue weighted by atomic mass is 10.2. The molecule has 0 amide bonds. The molecule has 0 fully saturated rings. The van der Waals surface area contributed by atoms with Gasteiger partial charge in [0, 0.05) is 12.0 Å². The van der Waals surface area contributed by atoms with Crippen LogP contribution in [0.15, 0.2) is 52.4 Å². The van der Waals surface area contributed by atoms with E-state index in [4.69, 9.17) is 4.74 Å². The molecule has 3 aromatic rings. The molecule has 0 saturated carbocycles. The molecule has 1 N–H and O–H groups in total. The number of phenols is 1. The molecule has 0 spiro atoms. The molecule has 2 aromatic carbocycles. The number of para-hydroxylation sites is 2. The van der Waals surface area contributed by atoms with Gasteiger partial charge in [-0.15, -0.1) is 0 Å². The van der Waals surface area contributed by atoms with Crippen LogP contribution in [0.1, 0.15) is 24.7 Å². The van der Waals surface area contributed by atoms with Crippen LogP contribution >= 0.6 is 0 Å². The minimum Gasteiger partial charge on any atom is -0.504 e. The monoisotopic (exact) mass is 337 g/mol. The lowest BCUT2D eigenvalue weighted by Gasteiger charge is -2.09. The molecule has 1 heterocycles. The molecule has 128 valence electrons. The van der Waals surface area contributed by atoms with E-state index >= 15 is 0 Å². The van der Waals surface area contributed by atoms with Crippen molar-refractivity contribution in [3.05, 3.63) is 64.2 Å². The van der Waals surface area contributed by atoms with Crippen LogP contribution in [0.3, 0.4) is 0 Å². The zero-order valence-corrected chi connectivity index (χ0v) is 14.1. The van der Waals surface area contributed by atoms with Gasteiger partial charge in [-0.2, -0.15) is 9.78 Å². The standard InChI is InChI=1S/C19H19N3O3/c1-3-7-17-21-15-10-5-4-9-14(15)19(24)22(17)20-12-13-8-6-11-16(25-2)18(13)23/h4-6,8-12,23H,3,7H2,1-2H3/b20-12+. The Labute approximate surface area is 145 Å². The molecular formula is C19H19N3O3. The van der Waals surface area contributed by atoms with Crippen molar-refractivity contribution in [3.8, 4) is 11.5 Å². The predicted octanol–water partition coefficient (Wildman–Crippen LogP) is 2.95. The van der Waals surface area contributed by atoms with Crippen LogP contribution in [-0.2, 0) is 6.42 Å². The van der Waals surface area contributed by atoms with Crippen LogP contribution < -0.4 is 10.3 Å². The Morgan fingerprint density at radius 1 is 1.24 bits per heavy atom. The molecule has 6 nitrogen and oxygen atoms in total. The zero-order valence-electron chi connectivity index (χ0n) is 14.1. The number of rotatable bonds is 5. The highest BCUT2D eigenvalue weighted by Crippen LogP contribution is 2.28. The summed E-state index contributed by atoms with van der Waals surface area (Å²) >= 11 is 0. The van der Waals surface area contributed by atoms with Crippen molar-refractivity contribution in [1.29, 1.82) is 0 Å². The van der Waals surface area contributed by atoms with E-state index in [9.17, 15) is 9.90 Å². The van der Waals surface area contributed by atoms with E-state index in [1.807, 2.05) is 19.1 Å². The fraction of sp³-hybridized carbons (Fsp3) is 0.211. The van der Waals surface area contributed by atoms with E-state index in [0.29, 0.717) is 34.5 Å². The normalized spacial score (nSPS) is 11.3. The van der Waals surface area contributed by atoms with Crippen molar-refractivity contribution >= 4 is 17.1 Å². The molecule has 0 aliphatic carbocycles. The van der Waals surface area contributed by atoms with Crippen LogP contribution in [0, 0.1) is 0 Å². The van der Waals surface area contributed by atoms with Crippen LogP contribution in [0.25, 0.3) is 10.9 Å². The van der Waals surface area contributed by atoms with Crippen molar-refractivity contribution in [3.63, 3.8) is 0 Å². The number of methoxy groups -OCH3 is 1. The van der Waals surface area contributed by atoms with Gasteiger partial charge in [0.15, 0.2) is 11.5 Å². The highest BCUT2D eigenvalue weighted by molar-refractivity contribution is 5.85. The van der Waals surface area contributed by atoms with Crippen molar-refractivity contribution in [2.24, 2.45) is 5.10 Å². The fourth-order valence-electron chi connectivity index (χ4n) is 2.60. The summed E-state index contributed by atoms with van der Waals surface area (Å²) in [7, 11) is 1.48. The second kappa shape index (κ2) is 7.17. The third-order valence-electron chi connectivity index (χ3n) is 3.86. The molecule has 0 radical (unpaired) electrons. The third-order valence-corrected chi connectivity index (χ3v) is 3.86. The molecule has 0 bridgehead atoms. The van der Waals surface area contributed by atoms with Gasteiger partial charge < -0.3 is 9.84 Å². The molecule has 1 aromatic heterocycles. The Morgan fingerprint density at radius 3 is 2.80 bits per heavy atom. The number of hydrogen-bond donors (Lipinski definition) is 1. The van der Waals surface area contributed by atoms with Crippen LogP contribution in [0.2, 0.25) is 0 Å². The van der Waals surface area contributed by atoms with E-state index in [-0.39, 0.29) is 11.3 Å². The summed E-state index contributed by atoms with van der Waals surface area (Å²) in [5.41, 5.74) is 0.890. The van der Waals surface area contributed by atoms with Gasteiger partial charge in [-0.1, -0.05) is 25.1 Å². The van der Waals surface area contributed by atoms with Gasteiger partial charge in [-0.05, 0) is 30.7 Å². The summed E-state index contributed by atoms with van der Waals surface area (Å²) in [6.45, 7) is 2.02. The predicted molar refractivity (Wildman–Crippen MR) is 97.6 cm³/mol. The van der Waals surface area contributed by atoms with Crippen LogP contribution in [-0.4, -0.2) is 28.1 Å². The first kappa shape index (κ1) is 16.7. The van der Waals surface area contributed by atoms with E-state index in [0.717, 1.165) is 6.42 Å². The summed E-state index contributed by atoms with van der Waals surface area (Å²) in [6, 6.07) is 12.3. The first-order chi connectivity index (χ1) is 12.2. The second-order valence-electron chi connectivity index (χ2n) is 5.55. The van der Waals surface area contributed by atoms with Gasteiger partial charge in [0.1, 0.15) is 5.82 Å². The quantitative estimate of drug-likeness (QED) is 0.726. The number of aryl methyl sites for hydroxylation is 1. The summed E-state index contributed by atoms with van der Waals surface area (Å²) < 4.78 is 6.39. The van der Waals surface area contributed by atoms with Crippen molar-refractivity contribution in [2.75, 3.05) is 7.11 Å². The maximum atomic E-state index is 12.8. The summed E-state index contributed by atoms with van der Waals surface area (Å²) in [6.07, 6.45) is 2.90. The van der Waals surface area contributed by atoms with E-state index in [2.05, 4.69) is 10.1 Å². The number of ether oxygens (including phenoxy) is 1. The third kappa shape index (κ3) is 3.24. The Kier molecular flexibility index (Phi) is 4.79. The number of aromatic nitrogens is 2. The number of phenolic OH excluding ortho intramolecular Hbond substituents is 1. The van der Waals surface area contributed by atoms with Crippen molar-refractivity contribution < 1.29 is 9.84 Å². The van der Waals surface area contributed by atoms with Gasteiger partial charge in [-0.3, -0.25) is 4.79 Å². The molecule has 0 saturated heterocycles. The molecule has 0 aliphatic heterocycles. The van der Waals surface area contributed by atoms with Crippen molar-refractivity contribution in [2.45, 2.75) is 19.8 Å². The van der Waals surface area contributed by atoms with Gasteiger partial charge in [-0.25, -0.2) is 4.98 Å². The second-order valence-corrected chi connectivity index (χ2v) is 5.55. The maximum Gasteiger partial charge on any atom is 0.282 e. The molecule has 3 rings (SSSR count). The highest BCUT2D eigenvalue weighted by atomic mass is 16.5. The molecule has 6 heteroatoms. The largest absolute Gasteiger partial charge is 0.504 e. The smallest absolute Gasteiger partial charge is 0.282 e. The SMILES string of the molecule is CCCc1nc2ccccc2c(=O)n1/N=C/c1cccc(OC)c1O. The Balaban J connectivity index is 2.13. The number of fused-ring (bicyclic) bond motifs is 1. The van der Waals surface area contributed by atoms with E-state index in [1.165, 1.54) is 18.0 Å². The number of aromatic hydroxyl groups is 1.